The Kier molecular flexibility index (Phi) is 6.65. The molecule has 1 N–H and O–H groups in total. The second-order valence-electron chi connectivity index (χ2n) is 5.62. The molecule has 0 aromatic carbocycles. The van der Waals surface area contributed by atoms with Crippen LogP contribution in [0.1, 0.15) is 46.5 Å². The van der Waals surface area contributed by atoms with E-state index in [9.17, 15) is 4.79 Å². The largest absolute Gasteiger partial charge is 0.468 e. The minimum absolute atomic E-state index is 0.179. The number of ether oxygens (including phenoxy) is 2. The Bertz CT molecular complexity index is 251. The summed E-state index contributed by atoms with van der Waals surface area (Å²) in [5.41, 5.74) is 0. The zero-order valence-electron chi connectivity index (χ0n) is 12.1. The lowest BCUT2D eigenvalue weighted by Crippen LogP contribution is -2.40. The van der Waals surface area contributed by atoms with Crippen molar-refractivity contribution >= 4 is 5.97 Å². The zero-order valence-corrected chi connectivity index (χ0v) is 12.1. The Balaban J connectivity index is 2.21. The first-order chi connectivity index (χ1) is 8.52. The summed E-state index contributed by atoms with van der Waals surface area (Å²) in [6.07, 6.45) is 4.32. The topological polar surface area (TPSA) is 47.6 Å². The third-order valence-corrected chi connectivity index (χ3v) is 3.11. The quantitative estimate of drug-likeness (QED) is 0.643. The van der Waals surface area contributed by atoms with Gasteiger partial charge in [-0.2, -0.15) is 0 Å². The number of methoxy groups -OCH3 is 1. The molecule has 1 aliphatic rings. The minimum atomic E-state index is -0.214. The van der Waals surface area contributed by atoms with Gasteiger partial charge in [0.05, 0.1) is 13.2 Å². The van der Waals surface area contributed by atoms with Crippen LogP contribution in [0, 0.1) is 5.92 Å². The maximum Gasteiger partial charge on any atom is 0.322 e. The molecular formula is C14H27NO3. The highest BCUT2D eigenvalue weighted by atomic mass is 16.5. The predicted octanol–water partition coefficient (Wildman–Crippen LogP) is 2.12. The molecule has 2 atom stereocenters. The van der Waals surface area contributed by atoms with Gasteiger partial charge in [-0.3, -0.25) is 4.79 Å². The fraction of sp³-hybridized carbons (Fsp3) is 0.929. The van der Waals surface area contributed by atoms with E-state index in [1.165, 1.54) is 7.11 Å². The molecule has 2 unspecified atom stereocenters. The van der Waals surface area contributed by atoms with Gasteiger partial charge in [-0.25, -0.2) is 0 Å². The standard InChI is InChI=1S/C14H27NO3/c1-10(2)9-11(3)18-8-7-13(14(16)17-4)15-12-5-6-12/h10-13,15H,5-9H2,1-4H3. The number of carbonyl (C=O) groups is 1. The molecule has 0 saturated heterocycles. The van der Waals surface area contributed by atoms with Gasteiger partial charge in [0.15, 0.2) is 0 Å². The molecule has 0 aromatic heterocycles. The van der Waals surface area contributed by atoms with Gasteiger partial charge in [-0.05, 0) is 38.5 Å². The van der Waals surface area contributed by atoms with E-state index in [2.05, 4.69) is 26.1 Å². The summed E-state index contributed by atoms with van der Waals surface area (Å²) in [7, 11) is 1.44. The normalized spacial score (nSPS) is 18.7. The fourth-order valence-corrected chi connectivity index (χ4v) is 2.06. The fourth-order valence-electron chi connectivity index (χ4n) is 2.06. The SMILES string of the molecule is COC(=O)C(CCOC(C)CC(C)C)NC1CC1. The smallest absolute Gasteiger partial charge is 0.322 e. The van der Waals surface area contributed by atoms with Crippen molar-refractivity contribution in [1.29, 1.82) is 0 Å². The maximum atomic E-state index is 11.6. The van der Waals surface area contributed by atoms with E-state index < -0.39 is 0 Å². The van der Waals surface area contributed by atoms with Crippen LogP contribution in [-0.4, -0.2) is 37.9 Å². The van der Waals surface area contributed by atoms with Crippen LogP contribution < -0.4 is 5.32 Å². The number of hydrogen-bond acceptors (Lipinski definition) is 4. The number of nitrogens with one attached hydrogen (secondary N) is 1. The summed E-state index contributed by atoms with van der Waals surface area (Å²) in [6.45, 7) is 7.06. The maximum absolute atomic E-state index is 11.6. The molecule has 0 spiro atoms. The average molecular weight is 257 g/mol. The van der Waals surface area contributed by atoms with Crippen molar-refractivity contribution in [3.05, 3.63) is 0 Å². The molecule has 0 radical (unpaired) electrons. The van der Waals surface area contributed by atoms with Crippen molar-refractivity contribution in [2.45, 2.75) is 64.6 Å². The Morgan fingerprint density at radius 2 is 2.00 bits per heavy atom. The third kappa shape index (κ3) is 6.36. The number of carbonyl (C=O) groups excluding carboxylic acids is 1. The monoisotopic (exact) mass is 257 g/mol. The molecule has 1 saturated carbocycles. The van der Waals surface area contributed by atoms with E-state index in [-0.39, 0.29) is 18.1 Å². The molecule has 4 heteroatoms. The predicted molar refractivity (Wildman–Crippen MR) is 71.4 cm³/mol. The molecule has 0 aromatic rings. The number of esters is 1. The molecule has 0 aliphatic heterocycles. The zero-order chi connectivity index (χ0) is 13.5. The van der Waals surface area contributed by atoms with Crippen molar-refractivity contribution in [3.63, 3.8) is 0 Å². The van der Waals surface area contributed by atoms with Gasteiger partial charge in [0.25, 0.3) is 0 Å². The van der Waals surface area contributed by atoms with Crippen molar-refractivity contribution in [1.82, 2.24) is 5.32 Å². The van der Waals surface area contributed by atoms with Gasteiger partial charge in [0.1, 0.15) is 6.04 Å². The van der Waals surface area contributed by atoms with Crippen molar-refractivity contribution in [2.75, 3.05) is 13.7 Å². The average Bonchev–Trinajstić information content (AvgIpc) is 3.09. The molecule has 106 valence electrons. The van der Waals surface area contributed by atoms with Crippen LogP contribution in [0.15, 0.2) is 0 Å². The second-order valence-corrected chi connectivity index (χ2v) is 5.62. The van der Waals surface area contributed by atoms with E-state index in [4.69, 9.17) is 9.47 Å². The second kappa shape index (κ2) is 7.74. The first-order valence-electron chi connectivity index (χ1n) is 6.98. The Morgan fingerprint density at radius 3 is 2.50 bits per heavy atom. The van der Waals surface area contributed by atoms with Gasteiger partial charge in [-0.1, -0.05) is 13.8 Å². The lowest BCUT2D eigenvalue weighted by Gasteiger charge is -2.19. The molecule has 18 heavy (non-hydrogen) atoms. The molecule has 0 amide bonds. The minimum Gasteiger partial charge on any atom is -0.468 e. The summed E-state index contributed by atoms with van der Waals surface area (Å²) in [6, 6.07) is 0.288. The van der Waals surface area contributed by atoms with Gasteiger partial charge in [0, 0.05) is 12.6 Å². The Labute approximate surface area is 110 Å². The first-order valence-corrected chi connectivity index (χ1v) is 6.98. The lowest BCUT2D eigenvalue weighted by molar-refractivity contribution is -0.143. The van der Waals surface area contributed by atoms with Crippen LogP contribution in [0.5, 0.6) is 0 Å². The highest BCUT2D eigenvalue weighted by Gasteiger charge is 2.28. The van der Waals surface area contributed by atoms with E-state index in [1.54, 1.807) is 0 Å². The van der Waals surface area contributed by atoms with Gasteiger partial charge >= 0.3 is 5.97 Å². The van der Waals surface area contributed by atoms with E-state index in [1.807, 2.05) is 0 Å². The Morgan fingerprint density at radius 1 is 1.33 bits per heavy atom. The van der Waals surface area contributed by atoms with Crippen LogP contribution in [0.3, 0.4) is 0 Å². The highest BCUT2D eigenvalue weighted by molar-refractivity contribution is 5.75. The molecule has 4 nitrogen and oxygen atoms in total. The van der Waals surface area contributed by atoms with Crippen LogP contribution >= 0.6 is 0 Å². The van der Waals surface area contributed by atoms with Crippen molar-refractivity contribution in [3.8, 4) is 0 Å². The van der Waals surface area contributed by atoms with Gasteiger partial charge in [0.2, 0.25) is 0 Å². The van der Waals surface area contributed by atoms with Crippen molar-refractivity contribution in [2.24, 2.45) is 5.92 Å². The molecule has 1 rings (SSSR count). The Hall–Kier alpha value is -0.610. The summed E-state index contributed by atoms with van der Waals surface area (Å²) in [5.74, 6) is 0.461. The summed E-state index contributed by atoms with van der Waals surface area (Å²) >= 11 is 0. The molecule has 0 bridgehead atoms. The lowest BCUT2D eigenvalue weighted by atomic mass is 10.1. The van der Waals surface area contributed by atoms with Crippen LogP contribution in [0.2, 0.25) is 0 Å². The van der Waals surface area contributed by atoms with Crippen LogP contribution in [-0.2, 0) is 14.3 Å². The summed E-state index contributed by atoms with van der Waals surface area (Å²) < 4.78 is 10.5. The first kappa shape index (κ1) is 15.4. The summed E-state index contributed by atoms with van der Waals surface area (Å²) in [5, 5.41) is 3.30. The molecule has 1 aliphatic carbocycles. The third-order valence-electron chi connectivity index (χ3n) is 3.11. The number of hydrogen-bond donors (Lipinski definition) is 1. The van der Waals surface area contributed by atoms with E-state index >= 15 is 0 Å². The summed E-state index contributed by atoms with van der Waals surface area (Å²) in [4.78, 5) is 11.6. The van der Waals surface area contributed by atoms with Gasteiger partial charge < -0.3 is 14.8 Å². The number of rotatable bonds is 9. The van der Waals surface area contributed by atoms with Crippen molar-refractivity contribution < 1.29 is 14.3 Å². The molecule has 0 heterocycles. The molecular weight excluding hydrogens is 230 g/mol. The van der Waals surface area contributed by atoms with Crippen LogP contribution in [0.25, 0.3) is 0 Å². The van der Waals surface area contributed by atoms with E-state index in [0.717, 1.165) is 19.3 Å². The van der Waals surface area contributed by atoms with E-state index in [0.29, 0.717) is 25.0 Å². The van der Waals surface area contributed by atoms with Crippen LogP contribution in [0.4, 0.5) is 0 Å². The molecule has 1 fully saturated rings. The van der Waals surface area contributed by atoms with Gasteiger partial charge in [-0.15, -0.1) is 0 Å². The highest BCUT2D eigenvalue weighted by Crippen LogP contribution is 2.20.